The van der Waals surface area contributed by atoms with E-state index in [9.17, 15) is 18.8 Å². The molecule has 0 fully saturated rings. The zero-order valence-electron chi connectivity index (χ0n) is 18.8. The van der Waals surface area contributed by atoms with E-state index in [0.717, 1.165) is 17.7 Å². The predicted molar refractivity (Wildman–Crippen MR) is 135 cm³/mol. The largest absolute Gasteiger partial charge is 0.350 e. The van der Waals surface area contributed by atoms with Crippen LogP contribution in [0.25, 0.3) is 0 Å². The topological polar surface area (TPSA) is 116 Å². The molecule has 182 valence electrons. The van der Waals surface area contributed by atoms with Crippen LogP contribution in [0.5, 0.6) is 0 Å². The minimum Gasteiger partial charge on any atom is -0.350 e. The van der Waals surface area contributed by atoms with Gasteiger partial charge in [-0.05, 0) is 54.4 Å². The van der Waals surface area contributed by atoms with Crippen molar-refractivity contribution in [2.24, 2.45) is 0 Å². The van der Waals surface area contributed by atoms with Crippen LogP contribution in [0.2, 0.25) is 5.02 Å². The van der Waals surface area contributed by atoms with E-state index in [2.05, 4.69) is 25.9 Å². The molecule has 0 bridgehead atoms. The molecule has 4 rings (SSSR count). The number of carbonyl (C=O) groups excluding carboxylic acids is 3. The Morgan fingerprint density at radius 3 is 2.19 bits per heavy atom. The first kappa shape index (κ1) is 24.6. The molecule has 1 aromatic heterocycles. The van der Waals surface area contributed by atoms with E-state index in [1.54, 1.807) is 24.3 Å². The van der Waals surface area contributed by atoms with Crippen LogP contribution in [-0.2, 0) is 6.42 Å². The Morgan fingerprint density at radius 2 is 1.53 bits per heavy atom. The molecule has 0 unspecified atom stereocenters. The van der Waals surface area contributed by atoms with Gasteiger partial charge in [0.1, 0.15) is 11.5 Å². The van der Waals surface area contributed by atoms with Gasteiger partial charge in [-0.2, -0.15) is 0 Å². The smallest absolute Gasteiger partial charge is 0.274 e. The molecule has 0 saturated carbocycles. The number of nitrogens with one attached hydrogen (secondary N) is 4. The summed E-state index contributed by atoms with van der Waals surface area (Å²) in [6.07, 6.45) is 1.93. The SMILES string of the molecule is O=C(Nc1ccc(NC(=O)c2[nH]cnc2C(=O)NCCc2ccccc2)cc1)c1ccc(F)cc1Cl. The number of halogens is 2. The van der Waals surface area contributed by atoms with Crippen molar-refractivity contribution in [3.63, 3.8) is 0 Å². The third kappa shape index (κ3) is 6.13. The van der Waals surface area contributed by atoms with Gasteiger partial charge in [-0.15, -0.1) is 0 Å². The molecule has 0 atom stereocenters. The summed E-state index contributed by atoms with van der Waals surface area (Å²) >= 11 is 5.93. The Morgan fingerprint density at radius 1 is 0.861 bits per heavy atom. The van der Waals surface area contributed by atoms with Gasteiger partial charge in [0, 0.05) is 17.9 Å². The number of benzene rings is 3. The highest BCUT2D eigenvalue weighted by Crippen LogP contribution is 2.20. The molecule has 0 aliphatic carbocycles. The van der Waals surface area contributed by atoms with Crippen molar-refractivity contribution in [1.29, 1.82) is 0 Å². The molecule has 36 heavy (non-hydrogen) atoms. The lowest BCUT2D eigenvalue weighted by Crippen LogP contribution is -2.28. The summed E-state index contributed by atoms with van der Waals surface area (Å²) in [6, 6.07) is 19.5. The summed E-state index contributed by atoms with van der Waals surface area (Å²) in [5, 5.41) is 8.10. The van der Waals surface area contributed by atoms with Gasteiger partial charge in [0.25, 0.3) is 17.7 Å². The van der Waals surface area contributed by atoms with Crippen molar-refractivity contribution in [1.82, 2.24) is 15.3 Å². The lowest BCUT2D eigenvalue weighted by molar-refractivity contribution is 0.0935. The summed E-state index contributed by atoms with van der Waals surface area (Å²) in [7, 11) is 0. The number of aromatic amines is 1. The second-order valence-corrected chi connectivity index (χ2v) is 8.13. The van der Waals surface area contributed by atoms with Crippen molar-refractivity contribution in [2.45, 2.75) is 6.42 Å². The Kier molecular flexibility index (Phi) is 7.72. The van der Waals surface area contributed by atoms with Crippen molar-refractivity contribution in [3.8, 4) is 0 Å². The Bertz CT molecular complexity index is 1390. The molecule has 0 saturated heterocycles. The second kappa shape index (κ2) is 11.3. The van der Waals surface area contributed by atoms with Crippen LogP contribution in [-0.4, -0.2) is 34.2 Å². The predicted octanol–water partition coefficient (Wildman–Crippen LogP) is 4.68. The van der Waals surface area contributed by atoms with Crippen LogP contribution in [0.15, 0.2) is 79.1 Å². The van der Waals surface area contributed by atoms with Crippen molar-refractivity contribution < 1.29 is 18.8 Å². The van der Waals surface area contributed by atoms with Gasteiger partial charge in [-0.25, -0.2) is 9.37 Å². The fourth-order valence-electron chi connectivity index (χ4n) is 3.39. The Labute approximate surface area is 210 Å². The van der Waals surface area contributed by atoms with Gasteiger partial charge in [0.05, 0.1) is 16.9 Å². The van der Waals surface area contributed by atoms with E-state index >= 15 is 0 Å². The van der Waals surface area contributed by atoms with Crippen LogP contribution in [0.3, 0.4) is 0 Å². The third-order valence-electron chi connectivity index (χ3n) is 5.20. The van der Waals surface area contributed by atoms with Gasteiger partial charge in [0.15, 0.2) is 5.69 Å². The molecule has 0 spiro atoms. The Balaban J connectivity index is 1.34. The molecular formula is C26H21ClFN5O3. The highest BCUT2D eigenvalue weighted by molar-refractivity contribution is 6.34. The third-order valence-corrected chi connectivity index (χ3v) is 5.51. The van der Waals surface area contributed by atoms with Gasteiger partial charge >= 0.3 is 0 Å². The molecule has 0 aliphatic heterocycles. The quantitative estimate of drug-likeness (QED) is 0.278. The lowest BCUT2D eigenvalue weighted by Gasteiger charge is -2.09. The summed E-state index contributed by atoms with van der Waals surface area (Å²) in [4.78, 5) is 44.3. The van der Waals surface area contributed by atoms with Gasteiger partial charge in [-0.3, -0.25) is 14.4 Å². The minimum atomic E-state index is -0.546. The van der Waals surface area contributed by atoms with Crippen LogP contribution in [0, 0.1) is 5.82 Å². The van der Waals surface area contributed by atoms with Crippen molar-refractivity contribution in [2.75, 3.05) is 17.2 Å². The van der Waals surface area contributed by atoms with E-state index < -0.39 is 23.5 Å². The average molecular weight is 506 g/mol. The maximum Gasteiger partial charge on any atom is 0.274 e. The fraction of sp³-hybridized carbons (Fsp3) is 0.0769. The number of rotatable bonds is 8. The maximum absolute atomic E-state index is 13.2. The van der Waals surface area contributed by atoms with Crippen LogP contribution in [0.4, 0.5) is 15.8 Å². The molecule has 0 radical (unpaired) electrons. The zero-order chi connectivity index (χ0) is 25.5. The summed E-state index contributed by atoms with van der Waals surface area (Å²) in [5.74, 6) is -2.05. The first-order chi connectivity index (χ1) is 17.4. The van der Waals surface area contributed by atoms with Crippen LogP contribution in [0.1, 0.15) is 36.9 Å². The highest BCUT2D eigenvalue weighted by atomic mass is 35.5. The second-order valence-electron chi connectivity index (χ2n) is 7.73. The van der Waals surface area contributed by atoms with E-state index in [1.165, 1.54) is 12.4 Å². The summed E-state index contributed by atoms with van der Waals surface area (Å²) in [5.41, 5.74) is 2.10. The maximum atomic E-state index is 13.2. The molecule has 8 nitrogen and oxygen atoms in total. The first-order valence-electron chi connectivity index (χ1n) is 10.9. The molecule has 4 aromatic rings. The van der Waals surface area contributed by atoms with Gasteiger partial charge in [-0.1, -0.05) is 41.9 Å². The molecule has 0 aliphatic rings. The molecule has 10 heteroatoms. The van der Waals surface area contributed by atoms with Crippen molar-refractivity contribution in [3.05, 3.63) is 112 Å². The molecule has 3 aromatic carbocycles. The Hall–Kier alpha value is -4.50. The van der Waals surface area contributed by atoms with Crippen LogP contribution < -0.4 is 16.0 Å². The number of imidazole rings is 1. The molecule has 4 N–H and O–H groups in total. The number of hydrogen-bond donors (Lipinski definition) is 4. The number of hydrogen-bond acceptors (Lipinski definition) is 4. The summed E-state index contributed by atoms with van der Waals surface area (Å²) < 4.78 is 13.2. The average Bonchev–Trinajstić information content (AvgIpc) is 3.36. The normalized spacial score (nSPS) is 10.5. The van der Waals surface area contributed by atoms with Gasteiger partial charge in [0.2, 0.25) is 0 Å². The monoisotopic (exact) mass is 505 g/mol. The van der Waals surface area contributed by atoms with E-state index in [0.29, 0.717) is 24.3 Å². The number of aromatic nitrogens is 2. The molecule has 1 heterocycles. The van der Waals surface area contributed by atoms with Gasteiger partial charge < -0.3 is 20.9 Å². The minimum absolute atomic E-state index is 0.00384. The van der Waals surface area contributed by atoms with Crippen LogP contribution >= 0.6 is 11.6 Å². The molecular weight excluding hydrogens is 485 g/mol. The molecule has 3 amide bonds. The fourth-order valence-corrected chi connectivity index (χ4v) is 3.64. The number of amides is 3. The van der Waals surface area contributed by atoms with Crippen molar-refractivity contribution >= 4 is 40.7 Å². The highest BCUT2D eigenvalue weighted by Gasteiger charge is 2.20. The number of carbonyl (C=O) groups is 3. The number of anilines is 2. The van der Waals surface area contributed by atoms with E-state index in [4.69, 9.17) is 11.6 Å². The number of nitrogens with zero attached hydrogens (tertiary/aromatic N) is 1. The van der Waals surface area contributed by atoms with E-state index in [1.807, 2.05) is 30.3 Å². The summed E-state index contributed by atoms with van der Waals surface area (Å²) in [6.45, 7) is 0.396. The van der Waals surface area contributed by atoms with E-state index in [-0.39, 0.29) is 22.0 Å². The number of H-pyrrole nitrogens is 1. The standard InChI is InChI=1S/C26H21ClFN5O3/c27-21-14-17(28)6-11-20(21)24(34)32-18-7-9-19(10-8-18)33-26(36)23-22(30-15-31-23)25(35)29-13-12-16-4-2-1-3-5-16/h1-11,14-15H,12-13H2,(H,29,35)(H,30,31)(H,32,34)(H,33,36). The first-order valence-corrected chi connectivity index (χ1v) is 11.3. The zero-order valence-corrected chi connectivity index (χ0v) is 19.6. The lowest BCUT2D eigenvalue weighted by atomic mass is 10.1.